The van der Waals surface area contributed by atoms with Gasteiger partial charge in [-0.3, -0.25) is 9.59 Å². The van der Waals surface area contributed by atoms with Gasteiger partial charge in [0.2, 0.25) is 0 Å². The molecule has 1 saturated heterocycles. The highest BCUT2D eigenvalue weighted by Gasteiger charge is 2.33. The van der Waals surface area contributed by atoms with Crippen LogP contribution in [0.5, 0.6) is 0 Å². The Morgan fingerprint density at radius 1 is 1.12 bits per heavy atom. The first-order valence-electron chi connectivity index (χ1n) is 7.33. The molecule has 3 rings (SSSR count). The molecule has 0 N–H and O–H groups in total. The minimum atomic E-state index is -0.723. The lowest BCUT2D eigenvalue weighted by atomic mass is 10.1. The van der Waals surface area contributed by atoms with Crippen LogP contribution in [0.4, 0.5) is 0 Å². The zero-order valence-electron chi connectivity index (χ0n) is 12.9. The van der Waals surface area contributed by atoms with Gasteiger partial charge < -0.3 is 4.84 Å². The topological polar surface area (TPSA) is 76.6 Å². The van der Waals surface area contributed by atoms with E-state index in [0.29, 0.717) is 16.2 Å². The van der Waals surface area contributed by atoms with Crippen molar-refractivity contribution in [2.75, 3.05) is 0 Å². The first kappa shape index (κ1) is 16.2. The van der Waals surface area contributed by atoms with Gasteiger partial charge in [-0.2, -0.15) is 0 Å². The van der Waals surface area contributed by atoms with E-state index >= 15 is 0 Å². The van der Waals surface area contributed by atoms with Crippen molar-refractivity contribution in [3.63, 3.8) is 0 Å². The van der Waals surface area contributed by atoms with E-state index in [4.69, 9.17) is 4.84 Å². The van der Waals surface area contributed by atoms with Gasteiger partial charge in [-0.05, 0) is 36.8 Å². The molecule has 2 aromatic rings. The van der Waals surface area contributed by atoms with Gasteiger partial charge in [0.15, 0.2) is 0 Å². The molecule has 0 aliphatic carbocycles. The predicted molar refractivity (Wildman–Crippen MR) is 86.0 cm³/mol. The van der Waals surface area contributed by atoms with E-state index in [9.17, 15) is 14.4 Å². The summed E-state index contributed by atoms with van der Waals surface area (Å²) in [6.07, 6.45) is 1.84. The fraction of sp³-hybridized carbons (Fsp3) is 0.176. The summed E-state index contributed by atoms with van der Waals surface area (Å²) >= 11 is 1.42. The lowest BCUT2D eigenvalue weighted by Crippen LogP contribution is -2.32. The Bertz CT molecular complexity index is 791. The number of aromatic nitrogens is 1. The number of carbonyl (C=O) groups excluding carboxylic acids is 3. The van der Waals surface area contributed by atoms with Gasteiger partial charge in [0.1, 0.15) is 5.03 Å². The van der Waals surface area contributed by atoms with Crippen LogP contribution in [-0.2, 0) is 14.4 Å². The number of rotatable bonds is 4. The quantitative estimate of drug-likeness (QED) is 0.795. The SMILES string of the molecule is Cc1c(Sc2ccccn2)cccc1C(=O)ON1C(=O)CCC1=O. The third-order valence-electron chi connectivity index (χ3n) is 3.54. The molecule has 1 aliphatic rings. The van der Waals surface area contributed by atoms with E-state index in [-0.39, 0.29) is 12.8 Å². The van der Waals surface area contributed by atoms with E-state index < -0.39 is 17.8 Å². The number of imide groups is 1. The Morgan fingerprint density at radius 3 is 2.54 bits per heavy atom. The summed E-state index contributed by atoms with van der Waals surface area (Å²) in [5, 5.41) is 1.36. The normalized spacial score (nSPS) is 14.1. The van der Waals surface area contributed by atoms with Crippen LogP contribution in [0.25, 0.3) is 0 Å². The van der Waals surface area contributed by atoms with Crippen LogP contribution >= 0.6 is 11.8 Å². The van der Waals surface area contributed by atoms with Crippen LogP contribution in [0.3, 0.4) is 0 Å². The molecule has 122 valence electrons. The molecule has 1 fully saturated rings. The smallest absolute Gasteiger partial charge is 0.325 e. The predicted octanol–water partition coefficient (Wildman–Crippen LogP) is 2.76. The van der Waals surface area contributed by atoms with E-state index in [2.05, 4.69) is 4.98 Å². The Kier molecular flexibility index (Phi) is 4.61. The molecule has 0 spiro atoms. The second-order valence-corrected chi connectivity index (χ2v) is 6.22. The Morgan fingerprint density at radius 2 is 1.88 bits per heavy atom. The van der Waals surface area contributed by atoms with Crippen LogP contribution in [-0.4, -0.2) is 27.8 Å². The summed E-state index contributed by atoms with van der Waals surface area (Å²) in [6.45, 7) is 1.79. The van der Waals surface area contributed by atoms with Crippen molar-refractivity contribution in [2.45, 2.75) is 29.7 Å². The first-order chi connectivity index (χ1) is 11.6. The van der Waals surface area contributed by atoms with Gasteiger partial charge in [-0.15, -0.1) is 5.06 Å². The molecule has 2 amide bonds. The second-order valence-electron chi connectivity index (χ2n) is 5.16. The molecule has 24 heavy (non-hydrogen) atoms. The molecule has 0 radical (unpaired) electrons. The molecule has 0 bridgehead atoms. The van der Waals surface area contributed by atoms with Crippen molar-refractivity contribution < 1.29 is 19.2 Å². The number of nitrogens with zero attached hydrogens (tertiary/aromatic N) is 2. The largest absolute Gasteiger partial charge is 0.364 e. The number of hydrogen-bond acceptors (Lipinski definition) is 6. The van der Waals surface area contributed by atoms with Crippen molar-refractivity contribution in [3.05, 3.63) is 53.7 Å². The zero-order valence-corrected chi connectivity index (χ0v) is 13.7. The summed E-state index contributed by atoms with van der Waals surface area (Å²) in [5.41, 5.74) is 1.01. The number of hydrogen-bond donors (Lipinski definition) is 0. The summed E-state index contributed by atoms with van der Waals surface area (Å²) < 4.78 is 0. The molecule has 0 atom stereocenters. The van der Waals surface area contributed by atoms with Crippen LogP contribution in [0.2, 0.25) is 0 Å². The molecule has 1 aromatic heterocycles. The van der Waals surface area contributed by atoms with Gasteiger partial charge >= 0.3 is 5.97 Å². The number of pyridine rings is 1. The van der Waals surface area contributed by atoms with E-state index in [1.165, 1.54) is 11.8 Å². The van der Waals surface area contributed by atoms with Gasteiger partial charge in [-0.25, -0.2) is 9.78 Å². The second kappa shape index (κ2) is 6.84. The van der Waals surface area contributed by atoms with Gasteiger partial charge in [0, 0.05) is 23.9 Å². The maximum atomic E-state index is 12.3. The molecule has 0 unspecified atom stereocenters. The van der Waals surface area contributed by atoms with E-state index in [0.717, 1.165) is 9.92 Å². The lowest BCUT2D eigenvalue weighted by molar-refractivity contribution is -0.172. The van der Waals surface area contributed by atoms with Crippen LogP contribution in [0.1, 0.15) is 28.8 Å². The Balaban J connectivity index is 1.81. The summed E-state index contributed by atoms with van der Waals surface area (Å²) in [6, 6.07) is 10.8. The fourth-order valence-electron chi connectivity index (χ4n) is 2.26. The monoisotopic (exact) mass is 342 g/mol. The standard InChI is InChI=1S/C17H14N2O4S/c1-11-12(17(22)23-19-15(20)8-9-16(19)21)5-4-6-13(11)24-14-7-2-3-10-18-14/h2-7,10H,8-9H2,1H3. The Hall–Kier alpha value is -2.67. The summed E-state index contributed by atoms with van der Waals surface area (Å²) in [5.74, 6) is -1.71. The van der Waals surface area contributed by atoms with Crippen molar-refractivity contribution >= 4 is 29.5 Å². The molecular formula is C17H14N2O4S. The number of carbonyl (C=O) groups is 3. The molecule has 7 heteroatoms. The van der Waals surface area contributed by atoms with Crippen molar-refractivity contribution in [1.29, 1.82) is 0 Å². The highest BCUT2D eigenvalue weighted by atomic mass is 32.2. The van der Waals surface area contributed by atoms with Crippen LogP contribution < -0.4 is 0 Å². The van der Waals surface area contributed by atoms with Gasteiger partial charge in [0.05, 0.1) is 5.56 Å². The Labute approximate surface area is 142 Å². The molecule has 2 heterocycles. The zero-order chi connectivity index (χ0) is 17.1. The molecule has 1 aromatic carbocycles. The highest BCUT2D eigenvalue weighted by Crippen LogP contribution is 2.30. The third kappa shape index (κ3) is 3.30. The number of amides is 2. The number of hydroxylamine groups is 2. The minimum absolute atomic E-state index is 0.0701. The first-order valence-corrected chi connectivity index (χ1v) is 8.14. The van der Waals surface area contributed by atoms with Crippen LogP contribution in [0, 0.1) is 6.92 Å². The molecule has 6 nitrogen and oxygen atoms in total. The molecular weight excluding hydrogens is 328 g/mol. The maximum absolute atomic E-state index is 12.3. The summed E-state index contributed by atoms with van der Waals surface area (Å²) in [4.78, 5) is 45.5. The maximum Gasteiger partial charge on any atom is 0.364 e. The summed E-state index contributed by atoms with van der Waals surface area (Å²) in [7, 11) is 0. The van der Waals surface area contributed by atoms with E-state index in [1.807, 2.05) is 24.3 Å². The minimum Gasteiger partial charge on any atom is -0.325 e. The van der Waals surface area contributed by atoms with Crippen molar-refractivity contribution in [3.8, 4) is 0 Å². The van der Waals surface area contributed by atoms with Crippen LogP contribution in [0.15, 0.2) is 52.5 Å². The van der Waals surface area contributed by atoms with Crippen molar-refractivity contribution in [2.24, 2.45) is 0 Å². The molecule has 1 aliphatic heterocycles. The average molecular weight is 342 g/mol. The molecule has 0 saturated carbocycles. The average Bonchev–Trinajstić information content (AvgIpc) is 2.89. The lowest BCUT2D eigenvalue weighted by Gasteiger charge is -2.14. The van der Waals surface area contributed by atoms with E-state index in [1.54, 1.807) is 25.3 Å². The van der Waals surface area contributed by atoms with Crippen molar-refractivity contribution in [1.82, 2.24) is 10.0 Å². The third-order valence-corrected chi connectivity index (χ3v) is 4.65. The highest BCUT2D eigenvalue weighted by molar-refractivity contribution is 7.99. The number of benzene rings is 1. The van der Waals surface area contributed by atoms with Gasteiger partial charge in [-0.1, -0.05) is 23.9 Å². The van der Waals surface area contributed by atoms with Gasteiger partial charge in [0.25, 0.3) is 11.8 Å². The fourth-order valence-corrected chi connectivity index (χ4v) is 3.15.